The number of aryl methyl sites for hydroxylation is 3. The molecular formula is C21H27FN4O. The van der Waals surface area contributed by atoms with Crippen molar-refractivity contribution < 1.29 is 9.18 Å². The minimum absolute atomic E-state index is 0.0808. The van der Waals surface area contributed by atoms with Gasteiger partial charge in [-0.2, -0.15) is 5.10 Å². The Kier molecular flexibility index (Phi) is 4.84. The maximum absolute atomic E-state index is 13.6. The second-order valence-electron chi connectivity index (χ2n) is 7.54. The molecule has 1 amide bonds. The van der Waals surface area contributed by atoms with Gasteiger partial charge in [-0.15, -0.1) is 0 Å². The molecule has 0 bridgehead atoms. The number of rotatable bonds is 4. The topological polar surface area (TPSA) is 43.1 Å². The second-order valence-corrected chi connectivity index (χ2v) is 7.54. The molecule has 0 spiro atoms. The van der Waals surface area contributed by atoms with Crippen LogP contribution in [0.1, 0.15) is 52.9 Å². The van der Waals surface area contributed by atoms with Gasteiger partial charge >= 0.3 is 0 Å². The molecule has 144 valence electrons. The summed E-state index contributed by atoms with van der Waals surface area (Å²) in [5.41, 5.74) is 5.34. The molecule has 0 saturated carbocycles. The highest BCUT2D eigenvalue weighted by Crippen LogP contribution is 2.27. The van der Waals surface area contributed by atoms with Crippen LogP contribution in [0.3, 0.4) is 0 Å². The minimum atomic E-state index is -0.295. The van der Waals surface area contributed by atoms with Gasteiger partial charge in [0.25, 0.3) is 5.91 Å². The lowest BCUT2D eigenvalue weighted by atomic mass is 10.1. The third kappa shape index (κ3) is 3.13. The summed E-state index contributed by atoms with van der Waals surface area (Å²) >= 11 is 0. The van der Waals surface area contributed by atoms with Gasteiger partial charge in [0.15, 0.2) is 0 Å². The Morgan fingerprint density at radius 2 is 1.93 bits per heavy atom. The molecule has 3 rings (SSSR count). The zero-order chi connectivity index (χ0) is 20.0. The van der Waals surface area contributed by atoms with E-state index >= 15 is 0 Å². The van der Waals surface area contributed by atoms with Crippen molar-refractivity contribution in [3.63, 3.8) is 0 Å². The van der Waals surface area contributed by atoms with Crippen molar-refractivity contribution in [1.29, 1.82) is 0 Å². The fourth-order valence-corrected chi connectivity index (χ4v) is 3.82. The number of benzene rings is 1. The van der Waals surface area contributed by atoms with Gasteiger partial charge < -0.3 is 9.47 Å². The molecule has 0 unspecified atom stereocenters. The second kappa shape index (κ2) is 6.83. The van der Waals surface area contributed by atoms with E-state index in [2.05, 4.69) is 18.9 Å². The first-order chi connectivity index (χ1) is 12.6. The third-order valence-corrected chi connectivity index (χ3v) is 5.32. The van der Waals surface area contributed by atoms with Gasteiger partial charge in [-0.25, -0.2) is 4.39 Å². The lowest BCUT2D eigenvalue weighted by Gasteiger charge is -2.19. The third-order valence-electron chi connectivity index (χ3n) is 5.32. The molecule has 6 heteroatoms. The lowest BCUT2D eigenvalue weighted by Crippen LogP contribution is -2.29. The van der Waals surface area contributed by atoms with E-state index in [1.54, 1.807) is 18.0 Å². The Labute approximate surface area is 159 Å². The zero-order valence-corrected chi connectivity index (χ0v) is 17.1. The van der Waals surface area contributed by atoms with E-state index < -0.39 is 0 Å². The van der Waals surface area contributed by atoms with Crippen LogP contribution in [-0.4, -0.2) is 32.2 Å². The molecule has 0 saturated heterocycles. The summed E-state index contributed by atoms with van der Waals surface area (Å²) in [6, 6.07) is 4.90. The summed E-state index contributed by atoms with van der Waals surface area (Å²) in [5, 5.41) is 5.38. The van der Waals surface area contributed by atoms with Crippen LogP contribution in [0, 0.1) is 26.6 Å². The van der Waals surface area contributed by atoms with E-state index in [1.807, 2.05) is 37.1 Å². The molecule has 0 N–H and O–H groups in total. The molecule has 0 aliphatic heterocycles. The number of nitrogens with zero attached hydrogens (tertiary/aromatic N) is 4. The van der Waals surface area contributed by atoms with E-state index in [0.717, 1.165) is 33.4 Å². The monoisotopic (exact) mass is 370 g/mol. The van der Waals surface area contributed by atoms with Gasteiger partial charge in [-0.05, 0) is 58.4 Å². The number of amides is 1. The maximum Gasteiger partial charge on any atom is 0.270 e. The Hall–Kier alpha value is -2.63. The molecule has 27 heavy (non-hydrogen) atoms. The molecule has 1 aromatic carbocycles. The molecular weight excluding hydrogens is 343 g/mol. The zero-order valence-electron chi connectivity index (χ0n) is 17.1. The van der Waals surface area contributed by atoms with Crippen LogP contribution in [0.25, 0.3) is 10.9 Å². The molecule has 0 aliphatic carbocycles. The number of carbonyl (C=O) groups excluding carboxylic acids is 1. The Balaban J connectivity index is 1.97. The van der Waals surface area contributed by atoms with E-state index in [-0.39, 0.29) is 17.8 Å². The normalized spacial score (nSPS) is 11.6. The molecule has 2 aromatic heterocycles. The molecule has 0 fully saturated rings. The van der Waals surface area contributed by atoms with Crippen molar-refractivity contribution >= 4 is 16.8 Å². The van der Waals surface area contributed by atoms with E-state index in [9.17, 15) is 9.18 Å². The summed E-state index contributed by atoms with van der Waals surface area (Å²) < 4.78 is 17.5. The number of fused-ring (bicyclic) bond motifs is 1. The average Bonchev–Trinajstić information content (AvgIpc) is 3.02. The molecule has 2 heterocycles. The summed E-state index contributed by atoms with van der Waals surface area (Å²) in [4.78, 5) is 14.9. The minimum Gasteiger partial charge on any atom is -0.339 e. The standard InChI is InChI=1S/C21H27FN4O/c1-12(2)26-15(5)18(14(4)23-26)11-24(6)21(27)20-13(3)17-10-16(22)8-9-19(17)25(20)7/h8-10,12H,11H2,1-7H3. The van der Waals surface area contributed by atoms with E-state index in [0.29, 0.717) is 12.2 Å². The van der Waals surface area contributed by atoms with Crippen molar-refractivity contribution in [2.24, 2.45) is 7.05 Å². The average molecular weight is 370 g/mol. The Morgan fingerprint density at radius 1 is 1.26 bits per heavy atom. The lowest BCUT2D eigenvalue weighted by molar-refractivity contribution is 0.0775. The summed E-state index contributed by atoms with van der Waals surface area (Å²) in [6.45, 7) is 10.6. The van der Waals surface area contributed by atoms with E-state index in [4.69, 9.17) is 0 Å². The number of hydrogen-bond donors (Lipinski definition) is 0. The number of halogens is 1. The Morgan fingerprint density at radius 3 is 2.52 bits per heavy atom. The molecule has 0 atom stereocenters. The first-order valence-electron chi connectivity index (χ1n) is 9.18. The van der Waals surface area contributed by atoms with Crippen molar-refractivity contribution in [2.75, 3.05) is 7.05 Å². The molecule has 0 aliphatic rings. The van der Waals surface area contributed by atoms with Crippen molar-refractivity contribution in [3.05, 3.63) is 52.2 Å². The molecule has 0 radical (unpaired) electrons. The fraction of sp³-hybridized carbons (Fsp3) is 0.429. The van der Waals surface area contributed by atoms with Crippen LogP contribution < -0.4 is 0 Å². The predicted molar refractivity (Wildman–Crippen MR) is 105 cm³/mol. The smallest absolute Gasteiger partial charge is 0.270 e. The van der Waals surface area contributed by atoms with Crippen LogP contribution in [0.2, 0.25) is 0 Å². The van der Waals surface area contributed by atoms with Gasteiger partial charge in [0.05, 0.1) is 5.69 Å². The number of carbonyl (C=O) groups is 1. The van der Waals surface area contributed by atoms with Crippen molar-refractivity contribution in [1.82, 2.24) is 19.2 Å². The first-order valence-corrected chi connectivity index (χ1v) is 9.18. The van der Waals surface area contributed by atoms with Gasteiger partial charge in [-0.3, -0.25) is 9.48 Å². The maximum atomic E-state index is 13.6. The van der Waals surface area contributed by atoms with Gasteiger partial charge in [-0.1, -0.05) is 0 Å². The quantitative estimate of drug-likeness (QED) is 0.687. The first kappa shape index (κ1) is 19.1. The Bertz CT molecular complexity index is 1030. The number of aromatic nitrogens is 3. The summed E-state index contributed by atoms with van der Waals surface area (Å²) in [6.07, 6.45) is 0. The van der Waals surface area contributed by atoms with Crippen molar-refractivity contribution in [2.45, 2.75) is 47.2 Å². The molecule has 3 aromatic rings. The SMILES string of the molecule is Cc1nn(C(C)C)c(C)c1CN(C)C(=O)c1c(C)c2cc(F)ccc2n1C. The van der Waals surface area contributed by atoms with Crippen LogP contribution in [0.4, 0.5) is 4.39 Å². The van der Waals surface area contributed by atoms with Crippen LogP contribution in [0.15, 0.2) is 18.2 Å². The van der Waals surface area contributed by atoms with Crippen LogP contribution >= 0.6 is 0 Å². The largest absolute Gasteiger partial charge is 0.339 e. The highest BCUT2D eigenvalue weighted by atomic mass is 19.1. The van der Waals surface area contributed by atoms with Gasteiger partial charge in [0, 0.05) is 48.8 Å². The van der Waals surface area contributed by atoms with Crippen molar-refractivity contribution in [3.8, 4) is 0 Å². The van der Waals surface area contributed by atoms with Gasteiger partial charge in [0.1, 0.15) is 11.5 Å². The number of hydrogen-bond acceptors (Lipinski definition) is 2. The van der Waals surface area contributed by atoms with Crippen LogP contribution in [0.5, 0.6) is 0 Å². The summed E-state index contributed by atoms with van der Waals surface area (Å²) in [7, 11) is 3.65. The molecule has 5 nitrogen and oxygen atoms in total. The summed E-state index contributed by atoms with van der Waals surface area (Å²) in [5.74, 6) is -0.376. The highest BCUT2D eigenvalue weighted by Gasteiger charge is 2.23. The predicted octanol–water partition coefficient (Wildman–Crippen LogP) is 4.29. The van der Waals surface area contributed by atoms with E-state index in [1.165, 1.54) is 12.1 Å². The highest BCUT2D eigenvalue weighted by molar-refractivity contribution is 6.01. The van der Waals surface area contributed by atoms with Gasteiger partial charge in [0.2, 0.25) is 0 Å². The van der Waals surface area contributed by atoms with Crippen LogP contribution in [-0.2, 0) is 13.6 Å². The fourth-order valence-electron chi connectivity index (χ4n) is 3.82.